The summed E-state index contributed by atoms with van der Waals surface area (Å²) in [4.78, 5) is 35.1. The van der Waals surface area contributed by atoms with Crippen LogP contribution in [-0.2, 0) is 4.79 Å². The Morgan fingerprint density at radius 2 is 1.81 bits per heavy atom. The predicted octanol–water partition coefficient (Wildman–Crippen LogP) is 3.28. The SMILES string of the molecule is O=C(NN1C(=O)C(=Cc2ccc(F)cc2)SC1=S)c1ccc([N+](=O)[O-])cc1. The van der Waals surface area contributed by atoms with Crippen LogP contribution in [0.5, 0.6) is 0 Å². The fraction of sp³-hybridized carbons (Fsp3) is 0. The van der Waals surface area contributed by atoms with Crippen LogP contribution in [0.15, 0.2) is 53.4 Å². The maximum Gasteiger partial charge on any atom is 0.285 e. The summed E-state index contributed by atoms with van der Waals surface area (Å²) < 4.78 is 13.1. The van der Waals surface area contributed by atoms with Crippen LogP contribution in [0.4, 0.5) is 10.1 Å². The monoisotopic (exact) mass is 403 g/mol. The van der Waals surface area contributed by atoms with Crippen molar-refractivity contribution in [2.24, 2.45) is 0 Å². The number of amides is 2. The molecule has 1 fully saturated rings. The Morgan fingerprint density at radius 3 is 2.41 bits per heavy atom. The standard InChI is InChI=1S/C17H10FN3O4S2/c18-12-5-1-10(2-6-12)9-14-16(23)20(17(26)27-14)19-15(22)11-3-7-13(8-4-11)21(24)25/h1-9H,(H,19,22). The van der Waals surface area contributed by atoms with Gasteiger partial charge in [0.1, 0.15) is 5.82 Å². The van der Waals surface area contributed by atoms with Gasteiger partial charge in [-0.3, -0.25) is 25.1 Å². The predicted molar refractivity (Wildman–Crippen MR) is 102 cm³/mol. The fourth-order valence-electron chi connectivity index (χ4n) is 2.18. The maximum atomic E-state index is 13.0. The zero-order chi connectivity index (χ0) is 19.6. The first kappa shape index (κ1) is 18.7. The third-order valence-electron chi connectivity index (χ3n) is 3.52. The second kappa shape index (κ2) is 7.64. The smallest absolute Gasteiger partial charge is 0.267 e. The summed E-state index contributed by atoms with van der Waals surface area (Å²) in [6.07, 6.45) is 1.54. The molecule has 0 spiro atoms. The number of halogens is 1. The van der Waals surface area contributed by atoms with E-state index < -0.39 is 22.6 Å². The van der Waals surface area contributed by atoms with Gasteiger partial charge in [0, 0.05) is 17.7 Å². The first-order valence-electron chi connectivity index (χ1n) is 7.44. The van der Waals surface area contributed by atoms with Crippen LogP contribution in [0.1, 0.15) is 15.9 Å². The van der Waals surface area contributed by atoms with Crippen molar-refractivity contribution < 1.29 is 18.9 Å². The summed E-state index contributed by atoms with van der Waals surface area (Å²) in [6, 6.07) is 10.5. The third kappa shape index (κ3) is 4.18. The lowest BCUT2D eigenvalue weighted by Gasteiger charge is -2.15. The van der Waals surface area contributed by atoms with E-state index in [2.05, 4.69) is 5.43 Å². The number of carbonyl (C=O) groups is 2. The quantitative estimate of drug-likeness (QED) is 0.365. The molecule has 27 heavy (non-hydrogen) atoms. The van der Waals surface area contributed by atoms with Gasteiger partial charge in [-0.1, -0.05) is 23.9 Å². The molecule has 0 bridgehead atoms. The Bertz CT molecular complexity index is 975. The molecule has 2 aromatic carbocycles. The highest BCUT2D eigenvalue weighted by Gasteiger charge is 2.33. The molecule has 1 aliphatic rings. The molecular weight excluding hydrogens is 393 g/mol. The molecule has 0 radical (unpaired) electrons. The van der Waals surface area contributed by atoms with Crippen molar-refractivity contribution in [3.05, 3.63) is 80.5 Å². The number of nitro benzene ring substituents is 1. The van der Waals surface area contributed by atoms with Crippen molar-refractivity contribution in [3.8, 4) is 0 Å². The number of hydrazine groups is 1. The second-order valence-corrected chi connectivity index (χ2v) is 6.99. The van der Waals surface area contributed by atoms with Gasteiger partial charge in [0.25, 0.3) is 17.5 Å². The summed E-state index contributed by atoms with van der Waals surface area (Å²) in [5, 5.41) is 11.6. The van der Waals surface area contributed by atoms with E-state index in [1.165, 1.54) is 54.6 Å². The molecule has 7 nitrogen and oxygen atoms in total. The Labute approximate surface area is 162 Å². The zero-order valence-electron chi connectivity index (χ0n) is 13.4. The van der Waals surface area contributed by atoms with Crippen molar-refractivity contribution in [2.45, 2.75) is 0 Å². The fourth-order valence-corrected chi connectivity index (χ4v) is 3.35. The number of hydrogen-bond donors (Lipinski definition) is 1. The van der Waals surface area contributed by atoms with Crippen LogP contribution in [0, 0.1) is 15.9 Å². The van der Waals surface area contributed by atoms with Gasteiger partial charge in [0.05, 0.1) is 9.83 Å². The molecule has 2 aromatic rings. The first-order chi connectivity index (χ1) is 12.8. The molecule has 0 aromatic heterocycles. The maximum absolute atomic E-state index is 13.0. The number of nitrogens with one attached hydrogen (secondary N) is 1. The van der Waals surface area contributed by atoms with E-state index in [9.17, 15) is 24.1 Å². The van der Waals surface area contributed by atoms with Gasteiger partial charge < -0.3 is 0 Å². The third-order valence-corrected chi connectivity index (χ3v) is 4.82. The summed E-state index contributed by atoms with van der Waals surface area (Å²) in [5.74, 6) is -1.55. The molecule has 136 valence electrons. The molecule has 0 aliphatic carbocycles. The molecule has 0 saturated carbocycles. The van der Waals surface area contributed by atoms with Gasteiger partial charge in [-0.2, -0.15) is 5.01 Å². The number of rotatable bonds is 4. The van der Waals surface area contributed by atoms with E-state index in [-0.39, 0.29) is 20.5 Å². The highest BCUT2D eigenvalue weighted by Crippen LogP contribution is 2.31. The van der Waals surface area contributed by atoms with E-state index in [4.69, 9.17) is 12.2 Å². The summed E-state index contributed by atoms with van der Waals surface area (Å²) >= 11 is 6.11. The minimum Gasteiger partial charge on any atom is -0.267 e. The average Bonchev–Trinajstić information content (AvgIpc) is 2.91. The molecule has 0 atom stereocenters. The molecule has 10 heteroatoms. The van der Waals surface area contributed by atoms with Crippen LogP contribution in [0.25, 0.3) is 6.08 Å². The van der Waals surface area contributed by atoms with Crippen molar-refractivity contribution in [1.29, 1.82) is 0 Å². The minimum absolute atomic E-state index is 0.128. The van der Waals surface area contributed by atoms with E-state index in [0.717, 1.165) is 16.8 Å². The van der Waals surface area contributed by atoms with Crippen molar-refractivity contribution in [2.75, 3.05) is 0 Å². The van der Waals surface area contributed by atoms with Crippen LogP contribution in [0.3, 0.4) is 0 Å². The van der Waals surface area contributed by atoms with Crippen LogP contribution in [0.2, 0.25) is 0 Å². The van der Waals surface area contributed by atoms with E-state index in [1.807, 2.05) is 0 Å². The molecule has 0 unspecified atom stereocenters. The van der Waals surface area contributed by atoms with E-state index in [0.29, 0.717) is 5.56 Å². The molecular formula is C17H10FN3O4S2. The van der Waals surface area contributed by atoms with Gasteiger partial charge in [-0.05, 0) is 48.1 Å². The second-order valence-electron chi connectivity index (χ2n) is 5.31. The van der Waals surface area contributed by atoms with Crippen molar-refractivity contribution >= 4 is 51.9 Å². The summed E-state index contributed by atoms with van der Waals surface area (Å²) in [6.45, 7) is 0. The molecule has 2 amide bonds. The van der Waals surface area contributed by atoms with Gasteiger partial charge in [-0.25, -0.2) is 4.39 Å². The number of hydrogen-bond acceptors (Lipinski definition) is 6. The normalized spacial score (nSPS) is 15.3. The number of carbonyl (C=O) groups excluding carboxylic acids is 2. The largest absolute Gasteiger partial charge is 0.285 e. The van der Waals surface area contributed by atoms with Crippen molar-refractivity contribution in [3.63, 3.8) is 0 Å². The molecule has 1 aliphatic heterocycles. The van der Waals surface area contributed by atoms with Crippen LogP contribution in [-0.4, -0.2) is 26.1 Å². The van der Waals surface area contributed by atoms with E-state index >= 15 is 0 Å². The Morgan fingerprint density at radius 1 is 1.19 bits per heavy atom. The van der Waals surface area contributed by atoms with Crippen LogP contribution >= 0.6 is 24.0 Å². The minimum atomic E-state index is -0.635. The molecule has 3 rings (SSSR count). The lowest BCUT2D eigenvalue weighted by Crippen LogP contribution is -2.44. The Hall–Kier alpha value is -3.11. The number of non-ortho nitro benzene ring substituents is 1. The lowest BCUT2D eigenvalue weighted by molar-refractivity contribution is -0.384. The topological polar surface area (TPSA) is 92.6 Å². The van der Waals surface area contributed by atoms with Gasteiger partial charge in [0.15, 0.2) is 4.32 Å². The lowest BCUT2D eigenvalue weighted by atomic mass is 10.2. The van der Waals surface area contributed by atoms with Crippen LogP contribution < -0.4 is 5.43 Å². The zero-order valence-corrected chi connectivity index (χ0v) is 15.1. The van der Waals surface area contributed by atoms with Gasteiger partial charge in [-0.15, -0.1) is 0 Å². The number of nitrogens with zero attached hydrogens (tertiary/aromatic N) is 2. The first-order valence-corrected chi connectivity index (χ1v) is 8.66. The molecule has 1 saturated heterocycles. The number of thioether (sulfide) groups is 1. The summed E-state index contributed by atoms with van der Waals surface area (Å²) in [5.41, 5.74) is 2.97. The van der Waals surface area contributed by atoms with Gasteiger partial charge in [0.2, 0.25) is 0 Å². The Kier molecular flexibility index (Phi) is 5.28. The number of thiocarbonyl (C=S) groups is 1. The Balaban J connectivity index is 1.74. The van der Waals surface area contributed by atoms with E-state index in [1.54, 1.807) is 0 Å². The number of nitro groups is 1. The van der Waals surface area contributed by atoms with Gasteiger partial charge >= 0.3 is 0 Å². The highest BCUT2D eigenvalue weighted by molar-refractivity contribution is 8.26. The molecule has 1 N–H and O–H groups in total. The number of benzene rings is 2. The average molecular weight is 403 g/mol. The molecule has 1 heterocycles. The highest BCUT2D eigenvalue weighted by atomic mass is 32.2. The van der Waals surface area contributed by atoms with Crippen molar-refractivity contribution in [1.82, 2.24) is 10.4 Å². The summed E-state index contributed by atoms with van der Waals surface area (Å²) in [7, 11) is 0.